The van der Waals surface area contributed by atoms with Crippen LogP contribution in [0.1, 0.15) is 57.1 Å². The highest BCUT2D eigenvalue weighted by molar-refractivity contribution is 5.97. The van der Waals surface area contributed by atoms with E-state index >= 15 is 0 Å². The summed E-state index contributed by atoms with van der Waals surface area (Å²) in [6, 6.07) is 3.58. The molecule has 13 nitrogen and oxygen atoms in total. The van der Waals surface area contributed by atoms with Crippen LogP contribution in [0, 0.1) is 11.8 Å². The van der Waals surface area contributed by atoms with E-state index in [0.29, 0.717) is 12.2 Å². The van der Waals surface area contributed by atoms with Gasteiger partial charge in [0.1, 0.15) is 29.6 Å². The minimum Gasteiger partial charge on any atom is -0.497 e. The zero-order valence-electron chi connectivity index (χ0n) is 26.5. The van der Waals surface area contributed by atoms with Crippen molar-refractivity contribution in [3.8, 4) is 5.75 Å². The molecule has 4 N–H and O–H groups in total. The van der Waals surface area contributed by atoms with Crippen LogP contribution in [0.2, 0.25) is 0 Å². The van der Waals surface area contributed by atoms with Crippen LogP contribution in [0.3, 0.4) is 0 Å². The van der Waals surface area contributed by atoms with Crippen LogP contribution in [-0.4, -0.2) is 88.4 Å². The summed E-state index contributed by atoms with van der Waals surface area (Å²) in [6.45, 7) is 8.81. The lowest BCUT2D eigenvalue weighted by atomic mass is 10.0. The molecule has 2 aromatic rings. The molecule has 0 unspecified atom stereocenters. The van der Waals surface area contributed by atoms with E-state index in [2.05, 4.69) is 26.3 Å². The van der Waals surface area contributed by atoms with Gasteiger partial charge in [0.05, 0.1) is 20.0 Å². The van der Waals surface area contributed by atoms with Gasteiger partial charge >= 0.3 is 0 Å². The van der Waals surface area contributed by atoms with Crippen molar-refractivity contribution in [3.05, 3.63) is 48.0 Å². The maximum absolute atomic E-state index is 13.6. The Morgan fingerprint density at radius 1 is 0.955 bits per heavy atom. The smallest absolute Gasteiger partial charge is 0.274 e. The van der Waals surface area contributed by atoms with Gasteiger partial charge in [-0.15, -0.1) is 0 Å². The number of rotatable bonds is 7. The normalized spacial score (nSPS) is 22.4. The van der Waals surface area contributed by atoms with E-state index < -0.39 is 53.7 Å². The molecule has 5 amide bonds. The minimum atomic E-state index is -1.04. The van der Waals surface area contributed by atoms with Crippen LogP contribution < -0.4 is 26.0 Å². The summed E-state index contributed by atoms with van der Waals surface area (Å²) >= 11 is 0. The predicted molar refractivity (Wildman–Crippen MR) is 163 cm³/mol. The van der Waals surface area contributed by atoms with Crippen molar-refractivity contribution in [1.29, 1.82) is 0 Å². The maximum Gasteiger partial charge on any atom is 0.274 e. The number of benzene rings is 1. The van der Waals surface area contributed by atoms with E-state index in [1.165, 1.54) is 11.2 Å². The Labute approximate surface area is 258 Å². The topological polar surface area (TPSA) is 164 Å². The number of hydrogen-bond donors (Lipinski definition) is 4. The standard InChI is InChI=1S/C31H45N7O6/c1-18(2)12-23-30(42)35-24(13-21-8-10-22(44-7)11-9-21)29(41)33-20(5)28(40)36-25(19(3)4)15-38(16-27(39)34-23)31(43)26-14-37(6)17-32-26/h8-11,14,17-20,23-25H,12-13,15-16H2,1-7H3,(H,33,41)(H,34,39)(H,35,42)(H,36,40)/t20-,23+,24+,25-/m1/s1. The third-order valence-corrected chi connectivity index (χ3v) is 7.44. The second-order valence-corrected chi connectivity index (χ2v) is 12.1. The highest BCUT2D eigenvalue weighted by Gasteiger charge is 2.33. The van der Waals surface area contributed by atoms with Crippen molar-refractivity contribution >= 4 is 29.5 Å². The van der Waals surface area contributed by atoms with Crippen LogP contribution in [0.4, 0.5) is 0 Å². The van der Waals surface area contributed by atoms with Gasteiger partial charge in [-0.25, -0.2) is 4.98 Å². The first-order chi connectivity index (χ1) is 20.8. The number of carbonyl (C=O) groups excluding carboxylic acids is 5. The van der Waals surface area contributed by atoms with Crippen molar-refractivity contribution in [1.82, 2.24) is 35.7 Å². The summed E-state index contributed by atoms with van der Waals surface area (Å²) in [5.74, 6) is -2.05. The van der Waals surface area contributed by atoms with Crippen LogP contribution in [-0.2, 0) is 32.6 Å². The zero-order valence-corrected chi connectivity index (χ0v) is 26.5. The molecule has 1 aliphatic rings. The first-order valence-corrected chi connectivity index (χ1v) is 14.9. The van der Waals surface area contributed by atoms with Gasteiger partial charge in [0.2, 0.25) is 23.6 Å². The third kappa shape index (κ3) is 9.55. The number of imidazole rings is 1. The van der Waals surface area contributed by atoms with Crippen LogP contribution in [0.15, 0.2) is 36.8 Å². The number of methoxy groups -OCH3 is 1. The third-order valence-electron chi connectivity index (χ3n) is 7.44. The summed E-state index contributed by atoms with van der Waals surface area (Å²) in [6.07, 6.45) is 3.47. The molecule has 4 atom stereocenters. The molecule has 44 heavy (non-hydrogen) atoms. The molecule has 0 radical (unpaired) electrons. The second-order valence-electron chi connectivity index (χ2n) is 12.1. The van der Waals surface area contributed by atoms with Crippen molar-refractivity contribution < 1.29 is 28.7 Å². The number of nitrogens with zero attached hydrogens (tertiary/aromatic N) is 3. The van der Waals surface area contributed by atoms with Crippen LogP contribution >= 0.6 is 0 Å². The molecule has 0 spiro atoms. The van der Waals surface area contributed by atoms with E-state index in [1.54, 1.807) is 56.1 Å². The van der Waals surface area contributed by atoms with E-state index in [-0.39, 0.29) is 37.0 Å². The molecule has 0 aliphatic carbocycles. The molecule has 1 fully saturated rings. The minimum absolute atomic E-state index is 0.00798. The molecule has 0 saturated carbocycles. The number of nitrogens with one attached hydrogen (secondary N) is 4. The van der Waals surface area contributed by atoms with Gasteiger partial charge in [0, 0.05) is 32.3 Å². The molecule has 3 rings (SSSR count). The van der Waals surface area contributed by atoms with E-state index in [4.69, 9.17) is 4.74 Å². The molecule has 1 aromatic heterocycles. The lowest BCUT2D eigenvalue weighted by Crippen LogP contribution is -2.57. The molecular formula is C31H45N7O6. The fraction of sp³-hybridized carbons (Fsp3) is 0.548. The SMILES string of the molecule is COc1ccc(C[C@@H]2NC(=O)[C@H](CC(C)C)NC(=O)CN(C(=O)c3cn(C)cn3)C[C@H](C(C)C)NC(=O)[C@@H](C)NC2=O)cc1. The lowest BCUT2D eigenvalue weighted by Gasteiger charge is -2.31. The summed E-state index contributed by atoms with van der Waals surface area (Å²) in [5.41, 5.74) is 0.903. The second kappa shape index (κ2) is 15.3. The summed E-state index contributed by atoms with van der Waals surface area (Å²) in [7, 11) is 3.28. The predicted octanol–water partition coefficient (Wildman–Crippen LogP) is 0.788. The van der Waals surface area contributed by atoms with E-state index in [9.17, 15) is 24.0 Å². The van der Waals surface area contributed by atoms with Crippen LogP contribution in [0.5, 0.6) is 5.75 Å². The van der Waals surface area contributed by atoms with Gasteiger partial charge < -0.3 is 35.5 Å². The Morgan fingerprint density at radius 2 is 1.61 bits per heavy atom. The number of ether oxygens (including phenoxy) is 1. The molecule has 240 valence electrons. The fourth-order valence-electron chi connectivity index (χ4n) is 4.85. The highest BCUT2D eigenvalue weighted by atomic mass is 16.5. The molecule has 1 aliphatic heterocycles. The van der Waals surface area contributed by atoms with E-state index in [0.717, 1.165) is 5.56 Å². The molecule has 1 saturated heterocycles. The molecule has 1 aromatic carbocycles. The van der Waals surface area contributed by atoms with Crippen molar-refractivity contribution in [2.45, 2.75) is 71.6 Å². The molecule has 13 heteroatoms. The number of hydrogen-bond acceptors (Lipinski definition) is 7. The van der Waals surface area contributed by atoms with Gasteiger partial charge in [-0.2, -0.15) is 0 Å². The number of aromatic nitrogens is 2. The Hall–Kier alpha value is -4.42. The van der Waals surface area contributed by atoms with Gasteiger partial charge in [-0.1, -0.05) is 39.8 Å². The summed E-state index contributed by atoms with van der Waals surface area (Å²) in [4.78, 5) is 72.8. The molecular weight excluding hydrogens is 566 g/mol. The number of aryl methyl sites for hydroxylation is 1. The highest BCUT2D eigenvalue weighted by Crippen LogP contribution is 2.15. The maximum atomic E-state index is 13.6. The first kappa shape index (κ1) is 34.1. The largest absolute Gasteiger partial charge is 0.497 e. The van der Waals surface area contributed by atoms with Crippen LogP contribution in [0.25, 0.3) is 0 Å². The Morgan fingerprint density at radius 3 is 2.18 bits per heavy atom. The average Bonchev–Trinajstić information content (AvgIpc) is 3.40. The monoisotopic (exact) mass is 611 g/mol. The Bertz CT molecular complexity index is 1320. The average molecular weight is 612 g/mol. The van der Waals surface area contributed by atoms with Gasteiger partial charge in [0.15, 0.2) is 0 Å². The van der Waals surface area contributed by atoms with E-state index in [1.807, 2.05) is 27.7 Å². The quantitative estimate of drug-likeness (QED) is 0.360. The molecule has 0 bridgehead atoms. The zero-order chi connectivity index (χ0) is 32.6. The first-order valence-electron chi connectivity index (χ1n) is 14.9. The van der Waals surface area contributed by atoms with Crippen molar-refractivity contribution in [2.24, 2.45) is 18.9 Å². The fourth-order valence-corrected chi connectivity index (χ4v) is 4.85. The number of carbonyl (C=O) groups is 5. The van der Waals surface area contributed by atoms with Gasteiger partial charge in [-0.3, -0.25) is 24.0 Å². The molecule has 2 heterocycles. The van der Waals surface area contributed by atoms with Crippen molar-refractivity contribution in [3.63, 3.8) is 0 Å². The summed E-state index contributed by atoms with van der Waals surface area (Å²) < 4.78 is 6.84. The lowest BCUT2D eigenvalue weighted by molar-refractivity contribution is -0.133. The van der Waals surface area contributed by atoms with Gasteiger partial charge in [-0.05, 0) is 42.9 Å². The number of amides is 5. The Kier molecular flexibility index (Phi) is 11.9. The van der Waals surface area contributed by atoms with Gasteiger partial charge in [0.25, 0.3) is 5.91 Å². The Balaban J connectivity index is 1.98. The summed E-state index contributed by atoms with van der Waals surface area (Å²) in [5, 5.41) is 11.2. The van der Waals surface area contributed by atoms with Crippen molar-refractivity contribution in [2.75, 3.05) is 20.2 Å².